The summed E-state index contributed by atoms with van der Waals surface area (Å²) in [6.07, 6.45) is 3.24. The monoisotopic (exact) mass is 335 g/mol. The van der Waals surface area contributed by atoms with Crippen LogP contribution in [0.1, 0.15) is 10.4 Å². The summed E-state index contributed by atoms with van der Waals surface area (Å²) >= 11 is 3.44. The number of carbonyl (C=O) groups is 1. The fourth-order valence-corrected chi connectivity index (χ4v) is 2.91. The van der Waals surface area contributed by atoms with Gasteiger partial charge < -0.3 is 9.64 Å². The lowest BCUT2D eigenvalue weighted by molar-refractivity contribution is 0.00535. The predicted octanol–water partition coefficient (Wildman–Crippen LogP) is 1.87. The Morgan fingerprint density at radius 1 is 1.40 bits per heavy atom. The largest absolute Gasteiger partial charge is 0.377 e. The zero-order valence-electron chi connectivity index (χ0n) is 10.8. The number of carbonyl (C=O) groups excluding carboxylic acids is 1. The van der Waals surface area contributed by atoms with Crippen molar-refractivity contribution in [3.63, 3.8) is 0 Å². The number of morpholine rings is 1. The lowest BCUT2D eigenvalue weighted by Crippen LogP contribution is -2.49. The Morgan fingerprint density at radius 3 is 3.10 bits per heavy atom. The van der Waals surface area contributed by atoms with E-state index in [1.807, 2.05) is 17.0 Å². The van der Waals surface area contributed by atoms with Gasteiger partial charge in [0.05, 0.1) is 30.3 Å². The molecule has 0 radical (unpaired) electrons. The van der Waals surface area contributed by atoms with Gasteiger partial charge in [-0.3, -0.25) is 14.8 Å². The van der Waals surface area contributed by atoms with Crippen molar-refractivity contribution in [3.8, 4) is 0 Å². The molecule has 0 N–H and O–H groups in total. The van der Waals surface area contributed by atoms with Gasteiger partial charge in [-0.1, -0.05) is 22.0 Å². The fourth-order valence-electron chi connectivity index (χ4n) is 2.37. The molecule has 1 aliphatic heterocycles. The number of rotatable bonds is 2. The number of para-hydroxylation sites is 1. The molecular formula is C14H14BrN3O2. The molecule has 0 aliphatic carbocycles. The summed E-state index contributed by atoms with van der Waals surface area (Å²) in [5.74, 6) is -0.0103. The maximum absolute atomic E-state index is 12.8. The number of ether oxygens (including phenoxy) is 1. The first-order chi connectivity index (χ1) is 9.81. The molecule has 0 saturated carbocycles. The summed E-state index contributed by atoms with van der Waals surface area (Å²) in [6, 6.07) is 5.57. The smallest absolute Gasteiger partial charge is 0.256 e. The van der Waals surface area contributed by atoms with Crippen LogP contribution in [0.2, 0.25) is 0 Å². The van der Waals surface area contributed by atoms with Crippen LogP contribution in [-0.2, 0) is 4.74 Å². The van der Waals surface area contributed by atoms with Gasteiger partial charge >= 0.3 is 0 Å². The van der Waals surface area contributed by atoms with E-state index >= 15 is 0 Å². The highest BCUT2D eigenvalue weighted by atomic mass is 79.9. The van der Waals surface area contributed by atoms with Crippen molar-refractivity contribution in [2.45, 2.75) is 6.04 Å². The predicted molar refractivity (Wildman–Crippen MR) is 79.0 cm³/mol. The molecule has 2 heterocycles. The van der Waals surface area contributed by atoms with Crippen LogP contribution in [0.25, 0.3) is 11.0 Å². The molecule has 1 aliphatic rings. The summed E-state index contributed by atoms with van der Waals surface area (Å²) in [5, 5.41) is 0.704. The maximum Gasteiger partial charge on any atom is 0.256 e. The summed E-state index contributed by atoms with van der Waals surface area (Å²) < 4.78 is 5.42. The van der Waals surface area contributed by atoms with Gasteiger partial charge in [-0.05, 0) is 12.1 Å². The second-order valence-electron chi connectivity index (χ2n) is 4.61. The first kappa shape index (κ1) is 13.5. The quantitative estimate of drug-likeness (QED) is 0.786. The Hall–Kier alpha value is -1.53. The first-order valence-corrected chi connectivity index (χ1v) is 7.58. The fraction of sp³-hybridized carbons (Fsp3) is 0.357. The number of fused-ring (bicyclic) bond motifs is 1. The van der Waals surface area contributed by atoms with Crippen LogP contribution in [0, 0.1) is 0 Å². The minimum Gasteiger partial charge on any atom is -0.377 e. The minimum atomic E-state index is -0.0103. The summed E-state index contributed by atoms with van der Waals surface area (Å²) in [6.45, 7) is 1.74. The van der Waals surface area contributed by atoms with Crippen molar-refractivity contribution >= 4 is 32.9 Å². The second-order valence-corrected chi connectivity index (χ2v) is 5.26. The van der Waals surface area contributed by atoms with Gasteiger partial charge in [0.2, 0.25) is 0 Å². The van der Waals surface area contributed by atoms with Crippen LogP contribution in [0.15, 0.2) is 30.6 Å². The number of hydrogen-bond acceptors (Lipinski definition) is 4. The number of amides is 1. The molecule has 2 aromatic rings. The Labute approximate surface area is 125 Å². The van der Waals surface area contributed by atoms with Crippen LogP contribution in [0.3, 0.4) is 0 Å². The highest BCUT2D eigenvalue weighted by molar-refractivity contribution is 9.09. The molecule has 1 atom stereocenters. The molecule has 3 rings (SSSR count). The third kappa shape index (κ3) is 2.41. The van der Waals surface area contributed by atoms with Crippen molar-refractivity contribution in [2.24, 2.45) is 0 Å². The Morgan fingerprint density at radius 2 is 2.25 bits per heavy atom. The number of alkyl halides is 1. The number of nitrogens with zero attached hydrogens (tertiary/aromatic N) is 3. The van der Waals surface area contributed by atoms with Gasteiger partial charge in [-0.25, -0.2) is 0 Å². The van der Waals surface area contributed by atoms with E-state index in [1.54, 1.807) is 18.5 Å². The lowest BCUT2D eigenvalue weighted by Gasteiger charge is -2.34. The molecular weight excluding hydrogens is 322 g/mol. The van der Waals surface area contributed by atoms with Gasteiger partial charge in [-0.2, -0.15) is 0 Å². The number of benzene rings is 1. The van der Waals surface area contributed by atoms with Crippen LogP contribution in [0.4, 0.5) is 0 Å². The van der Waals surface area contributed by atoms with Crippen LogP contribution in [-0.4, -0.2) is 51.9 Å². The molecule has 1 aromatic heterocycles. The van der Waals surface area contributed by atoms with E-state index in [9.17, 15) is 4.79 Å². The SMILES string of the molecule is O=C(c1cccc2nccnc12)N1CCOCC1CBr. The van der Waals surface area contributed by atoms with Crippen LogP contribution >= 0.6 is 15.9 Å². The molecule has 1 fully saturated rings. The normalized spacial score (nSPS) is 19.2. The molecule has 1 saturated heterocycles. The molecule has 1 unspecified atom stereocenters. The van der Waals surface area contributed by atoms with Crippen molar-refractivity contribution in [3.05, 3.63) is 36.2 Å². The lowest BCUT2D eigenvalue weighted by atomic mass is 10.1. The van der Waals surface area contributed by atoms with E-state index in [0.717, 1.165) is 5.52 Å². The van der Waals surface area contributed by atoms with Gasteiger partial charge in [0.1, 0.15) is 5.52 Å². The van der Waals surface area contributed by atoms with E-state index in [4.69, 9.17) is 4.74 Å². The van der Waals surface area contributed by atoms with E-state index in [0.29, 0.717) is 36.2 Å². The third-order valence-electron chi connectivity index (χ3n) is 3.40. The Kier molecular flexibility index (Phi) is 3.93. The highest BCUT2D eigenvalue weighted by Gasteiger charge is 2.28. The van der Waals surface area contributed by atoms with Crippen molar-refractivity contribution < 1.29 is 9.53 Å². The molecule has 0 bridgehead atoms. The summed E-state index contributed by atoms with van der Waals surface area (Å²) in [4.78, 5) is 23.2. The van der Waals surface area contributed by atoms with Crippen molar-refractivity contribution in [1.29, 1.82) is 0 Å². The molecule has 20 heavy (non-hydrogen) atoms. The second kappa shape index (κ2) is 5.85. The van der Waals surface area contributed by atoms with E-state index in [2.05, 4.69) is 25.9 Å². The topological polar surface area (TPSA) is 55.3 Å². The summed E-state index contributed by atoms with van der Waals surface area (Å²) in [7, 11) is 0. The molecule has 1 aromatic carbocycles. The van der Waals surface area contributed by atoms with Crippen molar-refractivity contribution in [1.82, 2.24) is 14.9 Å². The van der Waals surface area contributed by atoms with E-state index in [1.165, 1.54) is 0 Å². The molecule has 6 heteroatoms. The average molecular weight is 336 g/mol. The maximum atomic E-state index is 12.8. The number of halogens is 1. The van der Waals surface area contributed by atoms with Crippen LogP contribution in [0.5, 0.6) is 0 Å². The molecule has 1 amide bonds. The van der Waals surface area contributed by atoms with Gasteiger partial charge in [0.15, 0.2) is 0 Å². The number of aromatic nitrogens is 2. The zero-order valence-corrected chi connectivity index (χ0v) is 12.4. The Balaban J connectivity index is 1.99. The highest BCUT2D eigenvalue weighted by Crippen LogP contribution is 2.19. The van der Waals surface area contributed by atoms with Crippen molar-refractivity contribution in [2.75, 3.05) is 25.1 Å². The minimum absolute atomic E-state index is 0.0103. The van der Waals surface area contributed by atoms with Crippen LogP contribution < -0.4 is 0 Å². The van der Waals surface area contributed by atoms with Gasteiger partial charge in [0, 0.05) is 24.3 Å². The zero-order chi connectivity index (χ0) is 13.9. The van der Waals surface area contributed by atoms with Gasteiger partial charge in [-0.15, -0.1) is 0 Å². The molecule has 5 nitrogen and oxygen atoms in total. The molecule has 104 valence electrons. The van der Waals surface area contributed by atoms with Gasteiger partial charge in [0.25, 0.3) is 5.91 Å². The third-order valence-corrected chi connectivity index (χ3v) is 4.14. The standard InChI is InChI=1S/C14H14BrN3O2/c15-8-10-9-20-7-6-18(10)14(19)11-2-1-3-12-13(11)17-5-4-16-12/h1-5,10H,6-9H2. The Bertz CT molecular complexity index is 629. The van der Waals surface area contributed by atoms with E-state index < -0.39 is 0 Å². The first-order valence-electron chi connectivity index (χ1n) is 6.45. The number of hydrogen-bond donors (Lipinski definition) is 0. The molecule has 0 spiro atoms. The summed E-state index contributed by atoms with van der Waals surface area (Å²) in [5.41, 5.74) is 1.99. The average Bonchev–Trinajstić information content (AvgIpc) is 2.53. The van der Waals surface area contributed by atoms with E-state index in [-0.39, 0.29) is 11.9 Å².